The van der Waals surface area contributed by atoms with E-state index in [4.69, 9.17) is 33.7 Å². The standard InChI is InChI=1S/C18H18Cl2N2O3/c19-13-7-5-12(14(20)11-13)6-8-18(24)22-15-3-1-2-4-16(15)25-10-9-17(21)23/h1-5,7,11H,6,8-10H2,(H2,21,23)(H,22,24). The van der Waals surface area contributed by atoms with Crippen molar-refractivity contribution >= 4 is 40.7 Å². The molecule has 0 aliphatic heterocycles. The second-order valence-electron chi connectivity index (χ2n) is 5.34. The van der Waals surface area contributed by atoms with Gasteiger partial charge in [0, 0.05) is 16.5 Å². The summed E-state index contributed by atoms with van der Waals surface area (Å²) in [7, 11) is 0. The Morgan fingerprint density at radius 3 is 2.56 bits per heavy atom. The topological polar surface area (TPSA) is 81.4 Å². The molecule has 0 atom stereocenters. The number of halogens is 2. The predicted molar refractivity (Wildman–Crippen MR) is 99.2 cm³/mol. The molecule has 2 aromatic rings. The van der Waals surface area contributed by atoms with Gasteiger partial charge >= 0.3 is 0 Å². The van der Waals surface area contributed by atoms with Crippen LogP contribution in [0.25, 0.3) is 0 Å². The van der Waals surface area contributed by atoms with Crippen LogP contribution >= 0.6 is 23.2 Å². The van der Waals surface area contributed by atoms with E-state index in [1.165, 1.54) is 0 Å². The lowest BCUT2D eigenvalue weighted by Gasteiger charge is -2.12. The van der Waals surface area contributed by atoms with Crippen molar-refractivity contribution in [3.8, 4) is 5.75 Å². The number of hydrogen-bond acceptors (Lipinski definition) is 3. The predicted octanol–water partition coefficient (Wildman–Crippen LogP) is 3.82. The second kappa shape index (κ2) is 9.30. The zero-order valence-electron chi connectivity index (χ0n) is 13.4. The molecule has 7 heteroatoms. The van der Waals surface area contributed by atoms with E-state index < -0.39 is 5.91 Å². The molecule has 5 nitrogen and oxygen atoms in total. The zero-order valence-corrected chi connectivity index (χ0v) is 14.9. The van der Waals surface area contributed by atoms with Gasteiger partial charge in [-0.3, -0.25) is 9.59 Å². The Kier molecular flexibility index (Phi) is 7.10. The first-order valence-corrected chi connectivity index (χ1v) is 8.45. The summed E-state index contributed by atoms with van der Waals surface area (Å²) < 4.78 is 5.49. The molecule has 0 saturated carbocycles. The first kappa shape index (κ1) is 19.1. The van der Waals surface area contributed by atoms with Gasteiger partial charge < -0.3 is 15.8 Å². The molecule has 0 bridgehead atoms. The monoisotopic (exact) mass is 380 g/mol. The highest BCUT2D eigenvalue weighted by molar-refractivity contribution is 6.35. The molecule has 0 heterocycles. The summed E-state index contributed by atoms with van der Waals surface area (Å²) in [6.45, 7) is 0.155. The summed E-state index contributed by atoms with van der Waals surface area (Å²) in [4.78, 5) is 23.0. The fraction of sp³-hybridized carbons (Fsp3) is 0.222. The third kappa shape index (κ3) is 6.29. The van der Waals surface area contributed by atoms with Gasteiger partial charge in [0.1, 0.15) is 5.75 Å². The number of aryl methyl sites for hydroxylation is 1. The highest BCUT2D eigenvalue weighted by Gasteiger charge is 2.10. The zero-order chi connectivity index (χ0) is 18.2. The van der Waals surface area contributed by atoms with Crippen LogP contribution in [-0.2, 0) is 16.0 Å². The molecule has 3 N–H and O–H groups in total. The summed E-state index contributed by atoms with van der Waals surface area (Å²) in [6.07, 6.45) is 0.862. The molecule has 2 rings (SSSR count). The average molecular weight is 381 g/mol. The number of anilines is 1. The van der Waals surface area contributed by atoms with Gasteiger partial charge in [-0.1, -0.05) is 41.4 Å². The number of ether oxygens (including phenoxy) is 1. The van der Waals surface area contributed by atoms with Crippen LogP contribution < -0.4 is 15.8 Å². The Morgan fingerprint density at radius 1 is 1.08 bits per heavy atom. The molecule has 0 radical (unpaired) electrons. The van der Waals surface area contributed by atoms with Crippen LogP contribution in [0.3, 0.4) is 0 Å². The smallest absolute Gasteiger partial charge is 0.224 e. The maximum atomic E-state index is 12.2. The number of para-hydroxylation sites is 2. The van der Waals surface area contributed by atoms with Gasteiger partial charge in [-0.2, -0.15) is 0 Å². The first-order valence-electron chi connectivity index (χ1n) is 7.69. The van der Waals surface area contributed by atoms with Crippen LogP contribution in [0.1, 0.15) is 18.4 Å². The third-order valence-corrected chi connectivity index (χ3v) is 3.99. The fourth-order valence-corrected chi connectivity index (χ4v) is 2.65. The van der Waals surface area contributed by atoms with E-state index in [-0.39, 0.29) is 25.4 Å². The molecule has 0 aromatic heterocycles. The molecule has 2 amide bonds. The highest BCUT2D eigenvalue weighted by atomic mass is 35.5. The quantitative estimate of drug-likeness (QED) is 0.730. The number of carbonyl (C=O) groups excluding carboxylic acids is 2. The Hall–Kier alpha value is -2.24. The van der Waals surface area contributed by atoms with E-state index in [1.54, 1.807) is 42.5 Å². The molecular weight excluding hydrogens is 363 g/mol. The normalized spacial score (nSPS) is 10.3. The minimum Gasteiger partial charge on any atom is -0.491 e. The Labute approximate surface area is 156 Å². The van der Waals surface area contributed by atoms with Gasteiger partial charge in [-0.15, -0.1) is 0 Å². The maximum Gasteiger partial charge on any atom is 0.224 e. The van der Waals surface area contributed by atoms with E-state index in [0.29, 0.717) is 27.9 Å². The minimum atomic E-state index is -0.443. The largest absolute Gasteiger partial charge is 0.491 e. The van der Waals surface area contributed by atoms with Crippen molar-refractivity contribution in [2.24, 2.45) is 5.73 Å². The van der Waals surface area contributed by atoms with Crippen LogP contribution in [0, 0.1) is 0 Å². The van der Waals surface area contributed by atoms with Gasteiger partial charge in [-0.05, 0) is 36.2 Å². The summed E-state index contributed by atoms with van der Waals surface area (Å²) >= 11 is 12.0. The molecule has 132 valence electrons. The fourth-order valence-electron chi connectivity index (χ4n) is 2.14. The van der Waals surface area contributed by atoms with Crippen molar-refractivity contribution in [3.63, 3.8) is 0 Å². The second-order valence-corrected chi connectivity index (χ2v) is 6.19. The molecule has 2 aromatic carbocycles. The van der Waals surface area contributed by atoms with Crippen LogP contribution in [0.15, 0.2) is 42.5 Å². The SMILES string of the molecule is NC(=O)CCOc1ccccc1NC(=O)CCc1ccc(Cl)cc1Cl. The number of nitrogens with two attached hydrogens (primary N) is 1. The number of benzene rings is 2. The molecule has 0 fully saturated rings. The van der Waals surface area contributed by atoms with E-state index in [1.807, 2.05) is 0 Å². The van der Waals surface area contributed by atoms with E-state index in [0.717, 1.165) is 5.56 Å². The van der Waals surface area contributed by atoms with Crippen LogP contribution in [0.5, 0.6) is 5.75 Å². The van der Waals surface area contributed by atoms with Gasteiger partial charge in [0.2, 0.25) is 11.8 Å². The third-order valence-electron chi connectivity index (χ3n) is 3.40. The summed E-state index contributed by atoms with van der Waals surface area (Å²) in [5.41, 5.74) is 6.48. The van der Waals surface area contributed by atoms with E-state index >= 15 is 0 Å². The minimum absolute atomic E-state index is 0.108. The number of nitrogens with one attached hydrogen (secondary N) is 1. The Bertz CT molecular complexity index is 766. The molecular formula is C18H18Cl2N2O3. The maximum absolute atomic E-state index is 12.2. The van der Waals surface area contributed by atoms with Crippen molar-refractivity contribution in [3.05, 3.63) is 58.1 Å². The van der Waals surface area contributed by atoms with Crippen molar-refractivity contribution in [1.82, 2.24) is 0 Å². The summed E-state index contributed by atoms with van der Waals surface area (Å²) in [5, 5.41) is 3.89. The molecule has 0 aliphatic rings. The molecule has 0 spiro atoms. The lowest BCUT2D eigenvalue weighted by molar-refractivity contribution is -0.118. The Morgan fingerprint density at radius 2 is 1.84 bits per heavy atom. The van der Waals surface area contributed by atoms with Crippen molar-refractivity contribution in [2.45, 2.75) is 19.3 Å². The van der Waals surface area contributed by atoms with Crippen molar-refractivity contribution in [1.29, 1.82) is 0 Å². The molecule has 0 saturated heterocycles. The number of primary amides is 1. The van der Waals surface area contributed by atoms with Gasteiger partial charge in [0.15, 0.2) is 0 Å². The molecule has 0 unspecified atom stereocenters. The van der Waals surface area contributed by atoms with Crippen LogP contribution in [0.4, 0.5) is 5.69 Å². The lowest BCUT2D eigenvalue weighted by Crippen LogP contribution is -2.16. The van der Waals surface area contributed by atoms with E-state index in [2.05, 4.69) is 5.32 Å². The van der Waals surface area contributed by atoms with Crippen LogP contribution in [0.2, 0.25) is 10.0 Å². The Balaban J connectivity index is 1.92. The molecule has 0 aliphatic carbocycles. The molecule has 25 heavy (non-hydrogen) atoms. The van der Waals surface area contributed by atoms with Crippen molar-refractivity contribution in [2.75, 3.05) is 11.9 Å². The summed E-state index contributed by atoms with van der Waals surface area (Å²) in [6, 6.07) is 12.2. The van der Waals surface area contributed by atoms with Gasteiger partial charge in [0.05, 0.1) is 18.7 Å². The number of hydrogen-bond donors (Lipinski definition) is 2. The van der Waals surface area contributed by atoms with Gasteiger partial charge in [0.25, 0.3) is 0 Å². The lowest BCUT2D eigenvalue weighted by atomic mass is 10.1. The number of carbonyl (C=O) groups is 2. The summed E-state index contributed by atoms with van der Waals surface area (Å²) in [5.74, 6) is -0.125. The van der Waals surface area contributed by atoms with Gasteiger partial charge in [-0.25, -0.2) is 0 Å². The highest BCUT2D eigenvalue weighted by Crippen LogP contribution is 2.25. The van der Waals surface area contributed by atoms with E-state index in [9.17, 15) is 9.59 Å². The first-order chi connectivity index (χ1) is 12.0. The van der Waals surface area contributed by atoms with Crippen molar-refractivity contribution < 1.29 is 14.3 Å². The average Bonchev–Trinajstić information content (AvgIpc) is 2.55. The number of rotatable bonds is 8. The number of amides is 2. The van der Waals surface area contributed by atoms with Crippen LogP contribution in [-0.4, -0.2) is 18.4 Å².